The van der Waals surface area contributed by atoms with Crippen LogP contribution >= 0.6 is 0 Å². The first kappa shape index (κ1) is 9.90. The van der Waals surface area contributed by atoms with Gasteiger partial charge >= 0.3 is 0 Å². The van der Waals surface area contributed by atoms with E-state index in [0.717, 1.165) is 0 Å². The predicted molar refractivity (Wildman–Crippen MR) is 47.5 cm³/mol. The van der Waals surface area contributed by atoms with Crippen LogP contribution in [0.5, 0.6) is 0 Å². The first-order valence-corrected chi connectivity index (χ1v) is 5.31. The molecule has 1 N–H and O–H groups in total. The monoisotopic (exact) mass is 221 g/mol. The second kappa shape index (κ2) is 2.51. The van der Waals surface area contributed by atoms with Gasteiger partial charge in [0.25, 0.3) is 5.92 Å². The Hall–Kier alpha value is -0.290. The Morgan fingerprint density at radius 2 is 2.00 bits per heavy atom. The molecule has 0 bridgehead atoms. The Morgan fingerprint density at radius 3 is 2.47 bits per heavy atom. The van der Waals surface area contributed by atoms with E-state index in [-0.39, 0.29) is 39.0 Å². The molecule has 86 valence electrons. The van der Waals surface area contributed by atoms with Gasteiger partial charge in [-0.15, -0.1) is 0 Å². The molecule has 0 aromatic rings. The van der Waals surface area contributed by atoms with Crippen molar-refractivity contribution in [1.29, 1.82) is 0 Å². The van der Waals surface area contributed by atoms with Crippen LogP contribution in [0.25, 0.3) is 0 Å². The maximum absolute atomic E-state index is 13.2. The summed E-state index contributed by atoms with van der Waals surface area (Å²) in [7, 11) is 0. The van der Waals surface area contributed by atoms with E-state index in [1.54, 1.807) is 4.90 Å². The fraction of sp³-hybridized carbons (Fsp3) is 1.00. The molecule has 3 rings (SSSR count). The average Bonchev–Trinajstić information content (AvgIpc) is 2.38. The SMILES string of the molecule is OC[C@@]12C[C@@H](F)CN1C[C@@]1(CC1(F)F)C2. The van der Waals surface area contributed by atoms with Crippen LogP contribution in [0.1, 0.15) is 19.3 Å². The number of aliphatic hydroxyl groups is 1. The minimum Gasteiger partial charge on any atom is -0.394 e. The summed E-state index contributed by atoms with van der Waals surface area (Å²) in [5.74, 6) is -2.59. The lowest BCUT2D eigenvalue weighted by molar-refractivity contribution is 0.0630. The molecule has 0 unspecified atom stereocenters. The summed E-state index contributed by atoms with van der Waals surface area (Å²) in [5, 5.41) is 9.32. The van der Waals surface area contributed by atoms with Crippen molar-refractivity contribution in [2.45, 2.75) is 36.9 Å². The molecule has 1 spiro atoms. The molecule has 3 aliphatic rings. The van der Waals surface area contributed by atoms with Crippen LogP contribution in [0.15, 0.2) is 0 Å². The number of aliphatic hydroxyl groups excluding tert-OH is 1. The van der Waals surface area contributed by atoms with Gasteiger partial charge < -0.3 is 5.11 Å². The third-order valence-corrected chi connectivity index (χ3v) is 4.36. The van der Waals surface area contributed by atoms with Crippen molar-refractivity contribution >= 4 is 0 Å². The van der Waals surface area contributed by atoms with Crippen LogP contribution in [0.2, 0.25) is 0 Å². The van der Waals surface area contributed by atoms with E-state index < -0.39 is 23.0 Å². The molecule has 0 radical (unpaired) electrons. The van der Waals surface area contributed by atoms with E-state index in [0.29, 0.717) is 0 Å². The number of nitrogens with zero attached hydrogens (tertiary/aromatic N) is 1. The van der Waals surface area contributed by atoms with Gasteiger partial charge in [-0.2, -0.15) is 0 Å². The van der Waals surface area contributed by atoms with Gasteiger partial charge in [0.15, 0.2) is 0 Å². The summed E-state index contributed by atoms with van der Waals surface area (Å²) in [4.78, 5) is 1.73. The largest absolute Gasteiger partial charge is 0.394 e. The predicted octanol–water partition coefficient (Wildman–Crippen LogP) is 1.19. The standard InChI is InChI=1S/C10H14F3NO/c11-7-1-9(6-15)3-8(4-10(8,12)13)5-14(9)2-7/h7,15H,1-6H2/t7-,8+,9+/m1/s1. The highest BCUT2D eigenvalue weighted by Crippen LogP contribution is 2.69. The number of hydrogen-bond donors (Lipinski definition) is 1. The second-order valence-corrected chi connectivity index (χ2v) is 5.40. The Bertz CT molecular complexity index is 311. The summed E-state index contributed by atoms with van der Waals surface area (Å²) < 4.78 is 39.6. The first-order chi connectivity index (χ1) is 6.93. The average molecular weight is 221 g/mol. The Balaban J connectivity index is 1.86. The molecule has 3 atom stereocenters. The summed E-state index contributed by atoms with van der Waals surface area (Å²) >= 11 is 0. The maximum Gasteiger partial charge on any atom is 0.255 e. The van der Waals surface area contributed by atoms with Crippen LogP contribution in [0.3, 0.4) is 0 Å². The molecular weight excluding hydrogens is 207 g/mol. The number of rotatable bonds is 1. The van der Waals surface area contributed by atoms with Gasteiger partial charge in [-0.1, -0.05) is 0 Å². The first-order valence-electron chi connectivity index (χ1n) is 5.31. The molecule has 0 aromatic heterocycles. The highest BCUT2D eigenvalue weighted by molar-refractivity contribution is 5.22. The molecule has 15 heavy (non-hydrogen) atoms. The van der Waals surface area contributed by atoms with Crippen molar-refractivity contribution in [3.8, 4) is 0 Å². The molecule has 1 aliphatic carbocycles. The summed E-state index contributed by atoms with van der Waals surface area (Å²) in [6, 6.07) is 0. The molecule has 2 nitrogen and oxygen atoms in total. The molecule has 1 saturated carbocycles. The van der Waals surface area contributed by atoms with Gasteiger partial charge in [0.05, 0.1) is 12.0 Å². The smallest absolute Gasteiger partial charge is 0.255 e. The van der Waals surface area contributed by atoms with Crippen LogP contribution in [0, 0.1) is 5.41 Å². The fourth-order valence-electron chi connectivity index (χ4n) is 3.47. The number of hydrogen-bond acceptors (Lipinski definition) is 2. The van der Waals surface area contributed by atoms with E-state index in [1.807, 2.05) is 0 Å². The molecular formula is C10H14F3NO. The highest BCUT2D eigenvalue weighted by atomic mass is 19.3. The highest BCUT2D eigenvalue weighted by Gasteiger charge is 2.77. The fourth-order valence-corrected chi connectivity index (χ4v) is 3.47. The van der Waals surface area contributed by atoms with Gasteiger partial charge in [0.1, 0.15) is 6.17 Å². The van der Waals surface area contributed by atoms with E-state index >= 15 is 0 Å². The van der Waals surface area contributed by atoms with E-state index in [4.69, 9.17) is 0 Å². The van der Waals surface area contributed by atoms with Crippen LogP contribution in [-0.4, -0.2) is 47.3 Å². The van der Waals surface area contributed by atoms with Crippen molar-refractivity contribution in [3.63, 3.8) is 0 Å². The van der Waals surface area contributed by atoms with E-state index in [2.05, 4.69) is 0 Å². The minimum absolute atomic E-state index is 0.0881. The zero-order valence-corrected chi connectivity index (χ0v) is 8.35. The lowest BCUT2D eigenvalue weighted by Gasteiger charge is -2.28. The summed E-state index contributed by atoms with van der Waals surface area (Å²) in [6.45, 7) is 0.255. The molecule has 5 heteroatoms. The van der Waals surface area contributed by atoms with Crippen molar-refractivity contribution in [1.82, 2.24) is 4.90 Å². The Labute approximate surface area is 86.1 Å². The van der Waals surface area contributed by atoms with Gasteiger partial charge in [-0.05, 0) is 6.42 Å². The lowest BCUT2D eigenvalue weighted by atomic mass is 9.88. The summed E-state index contributed by atoms with van der Waals surface area (Å²) in [5.41, 5.74) is -1.64. The van der Waals surface area contributed by atoms with Crippen LogP contribution in [0.4, 0.5) is 13.2 Å². The Morgan fingerprint density at radius 1 is 1.33 bits per heavy atom. The van der Waals surface area contributed by atoms with Crippen molar-refractivity contribution in [2.24, 2.45) is 5.41 Å². The molecule has 0 amide bonds. The third-order valence-electron chi connectivity index (χ3n) is 4.36. The maximum atomic E-state index is 13.2. The van der Waals surface area contributed by atoms with Gasteiger partial charge in [0, 0.05) is 31.5 Å². The topological polar surface area (TPSA) is 23.5 Å². The number of halogens is 3. The van der Waals surface area contributed by atoms with Gasteiger partial charge in [0.2, 0.25) is 0 Å². The van der Waals surface area contributed by atoms with E-state index in [1.165, 1.54) is 0 Å². The third kappa shape index (κ3) is 1.08. The van der Waals surface area contributed by atoms with Crippen LogP contribution in [-0.2, 0) is 0 Å². The van der Waals surface area contributed by atoms with Gasteiger partial charge in [-0.3, -0.25) is 4.90 Å². The zero-order chi connectivity index (χ0) is 10.9. The molecule has 3 fully saturated rings. The molecule has 2 saturated heterocycles. The minimum atomic E-state index is -2.59. The van der Waals surface area contributed by atoms with E-state index in [9.17, 15) is 18.3 Å². The number of fused-ring (bicyclic) bond motifs is 1. The molecule has 0 aromatic carbocycles. The lowest BCUT2D eigenvalue weighted by Crippen LogP contribution is -2.41. The Kier molecular flexibility index (Phi) is 1.66. The second-order valence-electron chi connectivity index (χ2n) is 5.40. The normalized spacial score (nSPS) is 52.4. The zero-order valence-electron chi connectivity index (χ0n) is 8.35. The van der Waals surface area contributed by atoms with Crippen molar-refractivity contribution < 1.29 is 18.3 Å². The number of alkyl halides is 3. The molecule has 2 aliphatic heterocycles. The molecule has 2 heterocycles. The van der Waals surface area contributed by atoms with Crippen LogP contribution < -0.4 is 0 Å². The van der Waals surface area contributed by atoms with Gasteiger partial charge in [-0.25, -0.2) is 13.2 Å². The quantitative estimate of drug-likeness (QED) is 0.719. The van der Waals surface area contributed by atoms with Crippen molar-refractivity contribution in [3.05, 3.63) is 0 Å². The van der Waals surface area contributed by atoms with Crippen molar-refractivity contribution in [2.75, 3.05) is 19.7 Å². The summed E-state index contributed by atoms with van der Waals surface area (Å²) in [6.07, 6.45) is -0.595.